The maximum absolute atomic E-state index is 12.6. The fourth-order valence-electron chi connectivity index (χ4n) is 2.18. The number of hydrogen-bond acceptors (Lipinski definition) is 5. The lowest BCUT2D eigenvalue weighted by molar-refractivity contribution is -0.118. The van der Waals surface area contributed by atoms with Gasteiger partial charge in [0.15, 0.2) is 6.61 Å². The van der Waals surface area contributed by atoms with Crippen molar-refractivity contribution in [3.05, 3.63) is 42.5 Å². The zero-order chi connectivity index (χ0) is 18.0. The molecule has 0 saturated carbocycles. The van der Waals surface area contributed by atoms with Crippen LogP contribution < -0.4 is 14.8 Å². The molecular formula is C15H12F2N2O4S2. The van der Waals surface area contributed by atoms with Crippen LogP contribution >= 0.6 is 11.8 Å². The van der Waals surface area contributed by atoms with Crippen LogP contribution in [-0.4, -0.2) is 26.7 Å². The quantitative estimate of drug-likeness (QED) is 0.772. The van der Waals surface area contributed by atoms with Gasteiger partial charge < -0.3 is 10.1 Å². The molecule has 1 amide bonds. The summed E-state index contributed by atoms with van der Waals surface area (Å²) in [6.45, 7) is -0.143. The minimum absolute atomic E-state index is 0.0470. The van der Waals surface area contributed by atoms with Crippen molar-refractivity contribution >= 4 is 39.1 Å². The molecule has 0 aliphatic carbocycles. The van der Waals surface area contributed by atoms with Gasteiger partial charge in [-0.15, -0.1) is 0 Å². The molecule has 2 aromatic carbocycles. The molecular weight excluding hydrogens is 374 g/mol. The van der Waals surface area contributed by atoms with E-state index in [0.29, 0.717) is 5.75 Å². The fraction of sp³-hybridized carbons (Fsp3) is 0.133. The van der Waals surface area contributed by atoms with E-state index in [1.807, 2.05) is 0 Å². The summed E-state index contributed by atoms with van der Waals surface area (Å²) in [4.78, 5) is 11.3. The summed E-state index contributed by atoms with van der Waals surface area (Å²) in [6, 6.07) is 9.84. The number of benzene rings is 2. The Morgan fingerprint density at radius 1 is 1.20 bits per heavy atom. The molecule has 0 bridgehead atoms. The van der Waals surface area contributed by atoms with Gasteiger partial charge in [-0.3, -0.25) is 9.52 Å². The predicted octanol–water partition coefficient (Wildman–Crippen LogP) is 3.13. The van der Waals surface area contributed by atoms with Gasteiger partial charge in [0.25, 0.3) is 21.7 Å². The van der Waals surface area contributed by atoms with Gasteiger partial charge in [-0.1, -0.05) is 23.9 Å². The number of fused-ring (bicyclic) bond motifs is 1. The number of alkyl halides is 2. The molecule has 0 aromatic heterocycles. The van der Waals surface area contributed by atoms with Crippen LogP contribution in [0.15, 0.2) is 52.3 Å². The molecule has 25 heavy (non-hydrogen) atoms. The van der Waals surface area contributed by atoms with Gasteiger partial charge >= 0.3 is 0 Å². The van der Waals surface area contributed by atoms with Crippen LogP contribution in [0.25, 0.3) is 0 Å². The number of sulfonamides is 1. The van der Waals surface area contributed by atoms with Gasteiger partial charge in [0, 0.05) is 4.90 Å². The van der Waals surface area contributed by atoms with Crippen molar-refractivity contribution in [2.75, 3.05) is 16.6 Å². The van der Waals surface area contributed by atoms with Crippen LogP contribution in [0.5, 0.6) is 5.75 Å². The summed E-state index contributed by atoms with van der Waals surface area (Å²) in [7, 11) is -4.04. The number of para-hydroxylation sites is 1. The summed E-state index contributed by atoms with van der Waals surface area (Å²) in [5, 5.41) is 2.51. The van der Waals surface area contributed by atoms with Crippen molar-refractivity contribution in [1.82, 2.24) is 0 Å². The van der Waals surface area contributed by atoms with Crippen LogP contribution in [0, 0.1) is 0 Å². The topological polar surface area (TPSA) is 84.5 Å². The van der Waals surface area contributed by atoms with Crippen LogP contribution in [0.2, 0.25) is 0 Å². The Labute approximate surface area is 146 Å². The molecule has 0 saturated heterocycles. The number of rotatable bonds is 5. The number of hydrogen-bond donors (Lipinski definition) is 2. The molecule has 3 rings (SSSR count). The SMILES string of the molecule is O=C1COc2ccc(S(=O)(=O)Nc3ccccc3SC(F)F)cc2N1. The van der Waals surface area contributed by atoms with Gasteiger partial charge in [-0.2, -0.15) is 8.78 Å². The molecule has 0 spiro atoms. The van der Waals surface area contributed by atoms with Gasteiger partial charge in [0.2, 0.25) is 0 Å². The van der Waals surface area contributed by atoms with Crippen LogP contribution in [0.4, 0.5) is 20.2 Å². The van der Waals surface area contributed by atoms with Gasteiger partial charge in [0.05, 0.1) is 16.3 Å². The predicted molar refractivity (Wildman–Crippen MR) is 89.7 cm³/mol. The van der Waals surface area contributed by atoms with E-state index in [1.165, 1.54) is 42.5 Å². The van der Waals surface area contributed by atoms with Gasteiger partial charge in [0.1, 0.15) is 5.75 Å². The minimum Gasteiger partial charge on any atom is -0.482 e. The third-order valence-electron chi connectivity index (χ3n) is 3.24. The lowest BCUT2D eigenvalue weighted by Crippen LogP contribution is -2.25. The molecule has 1 aliphatic heterocycles. The minimum atomic E-state index is -4.04. The van der Waals surface area contributed by atoms with Crippen molar-refractivity contribution in [3.8, 4) is 5.75 Å². The summed E-state index contributed by atoms with van der Waals surface area (Å²) in [5.74, 6) is -2.72. The largest absolute Gasteiger partial charge is 0.482 e. The molecule has 10 heteroatoms. The second-order valence-electron chi connectivity index (χ2n) is 4.97. The second-order valence-corrected chi connectivity index (χ2v) is 7.69. The first-order valence-electron chi connectivity index (χ1n) is 6.98. The molecule has 0 atom stereocenters. The van der Waals surface area contributed by atoms with E-state index in [1.54, 1.807) is 0 Å². The highest BCUT2D eigenvalue weighted by Crippen LogP contribution is 2.34. The number of nitrogens with one attached hydrogen (secondary N) is 2. The summed E-state index contributed by atoms with van der Waals surface area (Å²) < 4.78 is 57.8. The van der Waals surface area contributed by atoms with E-state index in [4.69, 9.17) is 4.74 Å². The maximum atomic E-state index is 12.6. The lowest BCUT2D eigenvalue weighted by atomic mass is 10.2. The molecule has 0 radical (unpaired) electrons. The van der Waals surface area contributed by atoms with E-state index in [2.05, 4.69) is 10.0 Å². The first-order chi connectivity index (χ1) is 11.8. The van der Waals surface area contributed by atoms with Crippen LogP contribution in [0.1, 0.15) is 0 Å². The third kappa shape index (κ3) is 4.02. The molecule has 0 fully saturated rings. The number of thioether (sulfide) groups is 1. The van der Waals surface area contributed by atoms with E-state index < -0.39 is 21.7 Å². The smallest absolute Gasteiger partial charge is 0.288 e. The highest BCUT2D eigenvalue weighted by molar-refractivity contribution is 7.99. The fourth-order valence-corrected chi connectivity index (χ4v) is 3.95. The number of ether oxygens (including phenoxy) is 1. The Morgan fingerprint density at radius 3 is 2.72 bits per heavy atom. The Balaban J connectivity index is 1.91. The number of amides is 1. The summed E-state index contributed by atoms with van der Waals surface area (Å²) >= 11 is 0.247. The Bertz CT molecular complexity index is 919. The molecule has 132 valence electrons. The van der Waals surface area contributed by atoms with Crippen molar-refractivity contribution < 1.29 is 26.7 Å². The molecule has 2 N–H and O–H groups in total. The molecule has 0 unspecified atom stereocenters. The second kappa shape index (κ2) is 6.89. The molecule has 2 aromatic rings. The maximum Gasteiger partial charge on any atom is 0.288 e. The van der Waals surface area contributed by atoms with E-state index >= 15 is 0 Å². The highest BCUT2D eigenvalue weighted by atomic mass is 32.2. The van der Waals surface area contributed by atoms with Crippen molar-refractivity contribution in [2.24, 2.45) is 0 Å². The summed E-state index contributed by atoms with van der Waals surface area (Å²) in [5.41, 5.74) is 0.278. The van der Waals surface area contributed by atoms with Crippen molar-refractivity contribution in [2.45, 2.75) is 15.5 Å². The lowest BCUT2D eigenvalue weighted by Gasteiger charge is -2.19. The number of halogens is 2. The van der Waals surface area contributed by atoms with E-state index in [0.717, 1.165) is 0 Å². The first kappa shape index (κ1) is 17.5. The summed E-state index contributed by atoms with van der Waals surface area (Å²) in [6.07, 6.45) is 0. The Hall–Kier alpha value is -2.33. The van der Waals surface area contributed by atoms with Gasteiger partial charge in [-0.25, -0.2) is 8.42 Å². The van der Waals surface area contributed by atoms with E-state index in [9.17, 15) is 22.0 Å². The number of carbonyl (C=O) groups excluding carboxylic acids is 1. The van der Waals surface area contributed by atoms with Crippen LogP contribution in [-0.2, 0) is 14.8 Å². The zero-order valence-electron chi connectivity index (χ0n) is 12.5. The highest BCUT2D eigenvalue weighted by Gasteiger charge is 2.22. The Morgan fingerprint density at radius 2 is 1.96 bits per heavy atom. The monoisotopic (exact) mass is 386 g/mol. The van der Waals surface area contributed by atoms with E-state index in [-0.39, 0.29) is 39.5 Å². The van der Waals surface area contributed by atoms with Gasteiger partial charge in [-0.05, 0) is 30.3 Å². The third-order valence-corrected chi connectivity index (χ3v) is 5.39. The van der Waals surface area contributed by atoms with Crippen molar-refractivity contribution in [3.63, 3.8) is 0 Å². The average Bonchev–Trinajstić information content (AvgIpc) is 2.55. The standard InChI is InChI=1S/C15H12F2N2O4S2/c16-15(17)24-13-4-2-1-3-10(13)19-25(21,22)9-5-6-12-11(7-9)18-14(20)8-23-12/h1-7,15,19H,8H2,(H,18,20). The first-order valence-corrected chi connectivity index (χ1v) is 9.35. The van der Waals surface area contributed by atoms with Crippen LogP contribution in [0.3, 0.4) is 0 Å². The Kier molecular flexibility index (Phi) is 4.82. The number of carbonyl (C=O) groups is 1. The average molecular weight is 386 g/mol. The zero-order valence-corrected chi connectivity index (χ0v) is 14.2. The molecule has 1 heterocycles. The molecule has 6 nitrogen and oxygen atoms in total. The molecule has 1 aliphatic rings. The van der Waals surface area contributed by atoms with Crippen molar-refractivity contribution in [1.29, 1.82) is 0 Å². The number of anilines is 2. The normalized spacial score (nSPS) is 13.8.